The van der Waals surface area contributed by atoms with Crippen LogP contribution in [-0.4, -0.2) is 5.11 Å². The van der Waals surface area contributed by atoms with Crippen molar-refractivity contribution in [2.24, 2.45) is 0 Å². The van der Waals surface area contributed by atoms with E-state index in [9.17, 15) is 9.50 Å². The van der Waals surface area contributed by atoms with Crippen molar-refractivity contribution in [1.29, 1.82) is 0 Å². The van der Waals surface area contributed by atoms with Gasteiger partial charge in [0, 0.05) is 15.6 Å². The summed E-state index contributed by atoms with van der Waals surface area (Å²) in [7, 11) is 0. The molecule has 1 nitrogen and oxygen atoms in total. The molecule has 0 saturated heterocycles. The molecule has 94 valence electrons. The van der Waals surface area contributed by atoms with Crippen LogP contribution >= 0.6 is 22.6 Å². The van der Waals surface area contributed by atoms with E-state index in [-0.39, 0.29) is 5.82 Å². The highest BCUT2D eigenvalue weighted by molar-refractivity contribution is 14.1. The van der Waals surface area contributed by atoms with Crippen molar-refractivity contribution in [3.63, 3.8) is 0 Å². The van der Waals surface area contributed by atoms with Gasteiger partial charge in [0.1, 0.15) is 5.82 Å². The lowest BCUT2D eigenvalue weighted by molar-refractivity contribution is 0.173. The number of rotatable bonds is 3. The smallest absolute Gasteiger partial charge is 0.129 e. The van der Waals surface area contributed by atoms with Crippen molar-refractivity contribution in [3.8, 4) is 0 Å². The Morgan fingerprint density at radius 2 is 1.83 bits per heavy atom. The molecular weight excluding hydrogens is 342 g/mol. The molecule has 3 heteroatoms. The van der Waals surface area contributed by atoms with Crippen LogP contribution in [0.2, 0.25) is 0 Å². The molecule has 1 unspecified atom stereocenters. The zero-order valence-electron chi connectivity index (χ0n) is 10.0. The van der Waals surface area contributed by atoms with Crippen LogP contribution in [0, 0.1) is 16.3 Å². The Morgan fingerprint density at radius 1 is 1.17 bits per heavy atom. The fourth-order valence-electron chi connectivity index (χ4n) is 1.86. The monoisotopic (exact) mass is 356 g/mol. The zero-order valence-corrected chi connectivity index (χ0v) is 12.2. The lowest BCUT2D eigenvalue weighted by Crippen LogP contribution is -2.04. The standard InChI is InChI=1S/C15H14FIO/c1-10-2-7-13(14(16)8-10)15(18)9-11-3-5-12(17)6-4-11/h2-8,15,18H,9H2,1H3. The van der Waals surface area contributed by atoms with Gasteiger partial charge in [-0.15, -0.1) is 0 Å². The van der Waals surface area contributed by atoms with Gasteiger partial charge in [-0.2, -0.15) is 0 Å². The highest BCUT2D eigenvalue weighted by Crippen LogP contribution is 2.22. The Balaban J connectivity index is 2.16. The molecule has 0 heterocycles. The third kappa shape index (κ3) is 3.29. The Morgan fingerprint density at radius 3 is 2.44 bits per heavy atom. The third-order valence-corrected chi connectivity index (χ3v) is 3.58. The molecule has 1 atom stereocenters. The zero-order chi connectivity index (χ0) is 13.1. The molecule has 0 aromatic heterocycles. The first-order valence-electron chi connectivity index (χ1n) is 5.75. The van der Waals surface area contributed by atoms with Gasteiger partial charge in [-0.05, 0) is 58.8 Å². The van der Waals surface area contributed by atoms with E-state index in [4.69, 9.17) is 0 Å². The average Bonchev–Trinajstić information content (AvgIpc) is 2.32. The van der Waals surface area contributed by atoms with E-state index >= 15 is 0 Å². The molecule has 0 aliphatic heterocycles. The molecule has 0 aliphatic rings. The number of hydrogen-bond acceptors (Lipinski definition) is 1. The molecule has 0 amide bonds. The van der Waals surface area contributed by atoms with Crippen molar-refractivity contribution in [1.82, 2.24) is 0 Å². The van der Waals surface area contributed by atoms with Crippen LogP contribution in [0.4, 0.5) is 4.39 Å². The minimum atomic E-state index is -0.800. The topological polar surface area (TPSA) is 20.2 Å². The molecule has 0 spiro atoms. The Hall–Kier alpha value is -0.940. The van der Waals surface area contributed by atoms with Crippen LogP contribution < -0.4 is 0 Å². The SMILES string of the molecule is Cc1ccc(C(O)Cc2ccc(I)cc2)c(F)c1. The maximum absolute atomic E-state index is 13.7. The molecule has 2 rings (SSSR count). The second kappa shape index (κ2) is 5.80. The van der Waals surface area contributed by atoms with Gasteiger partial charge in [0.2, 0.25) is 0 Å². The number of benzene rings is 2. The number of hydrogen-bond donors (Lipinski definition) is 1. The lowest BCUT2D eigenvalue weighted by Gasteiger charge is -2.12. The van der Waals surface area contributed by atoms with Crippen molar-refractivity contribution in [2.75, 3.05) is 0 Å². The van der Waals surface area contributed by atoms with E-state index < -0.39 is 6.10 Å². The third-order valence-electron chi connectivity index (χ3n) is 2.86. The molecule has 18 heavy (non-hydrogen) atoms. The number of aliphatic hydroxyl groups excluding tert-OH is 1. The van der Waals surface area contributed by atoms with Gasteiger partial charge in [-0.3, -0.25) is 0 Å². The van der Waals surface area contributed by atoms with Crippen LogP contribution in [0.3, 0.4) is 0 Å². The lowest BCUT2D eigenvalue weighted by atomic mass is 10.00. The first kappa shape index (κ1) is 13.5. The highest BCUT2D eigenvalue weighted by atomic mass is 127. The summed E-state index contributed by atoms with van der Waals surface area (Å²) in [6, 6.07) is 12.8. The van der Waals surface area contributed by atoms with Gasteiger partial charge < -0.3 is 5.11 Å². The molecular formula is C15H14FIO. The molecule has 0 bridgehead atoms. The number of aliphatic hydroxyl groups is 1. The van der Waals surface area contributed by atoms with E-state index in [0.29, 0.717) is 12.0 Å². The van der Waals surface area contributed by atoms with Crippen LogP contribution in [0.1, 0.15) is 22.8 Å². The molecule has 0 fully saturated rings. The Labute approximate surface area is 120 Å². The van der Waals surface area contributed by atoms with E-state index in [1.165, 1.54) is 6.07 Å². The van der Waals surface area contributed by atoms with E-state index in [1.807, 2.05) is 37.3 Å². The largest absolute Gasteiger partial charge is 0.388 e. The summed E-state index contributed by atoms with van der Waals surface area (Å²) in [4.78, 5) is 0. The maximum atomic E-state index is 13.7. The van der Waals surface area contributed by atoms with Gasteiger partial charge in [-0.25, -0.2) is 4.39 Å². The minimum absolute atomic E-state index is 0.340. The normalized spacial score (nSPS) is 12.4. The average molecular weight is 356 g/mol. The second-order valence-corrected chi connectivity index (χ2v) is 5.62. The van der Waals surface area contributed by atoms with Crippen LogP contribution in [0.25, 0.3) is 0 Å². The van der Waals surface area contributed by atoms with Crippen LogP contribution in [0.5, 0.6) is 0 Å². The minimum Gasteiger partial charge on any atom is -0.388 e. The first-order chi connectivity index (χ1) is 8.56. The van der Waals surface area contributed by atoms with Crippen LogP contribution in [-0.2, 0) is 6.42 Å². The fraction of sp³-hybridized carbons (Fsp3) is 0.200. The molecule has 2 aromatic carbocycles. The van der Waals surface area contributed by atoms with Gasteiger partial charge in [-0.1, -0.05) is 24.3 Å². The highest BCUT2D eigenvalue weighted by Gasteiger charge is 2.13. The Kier molecular flexibility index (Phi) is 4.35. The quantitative estimate of drug-likeness (QED) is 0.824. The maximum Gasteiger partial charge on any atom is 0.129 e. The predicted octanol–water partition coefficient (Wildman–Crippen LogP) is 4.01. The molecule has 2 aromatic rings. The summed E-state index contributed by atoms with van der Waals surface area (Å²) in [6.45, 7) is 1.83. The van der Waals surface area contributed by atoms with E-state index in [2.05, 4.69) is 22.6 Å². The molecule has 0 aliphatic carbocycles. The number of aryl methyl sites for hydroxylation is 1. The van der Waals surface area contributed by atoms with Gasteiger partial charge >= 0.3 is 0 Å². The van der Waals surface area contributed by atoms with E-state index in [0.717, 1.165) is 14.7 Å². The van der Waals surface area contributed by atoms with Gasteiger partial charge in [0.05, 0.1) is 6.10 Å². The summed E-state index contributed by atoms with van der Waals surface area (Å²) in [5.74, 6) is -0.340. The first-order valence-corrected chi connectivity index (χ1v) is 6.82. The molecule has 1 N–H and O–H groups in total. The van der Waals surface area contributed by atoms with Crippen molar-refractivity contribution >= 4 is 22.6 Å². The van der Waals surface area contributed by atoms with Gasteiger partial charge in [0.15, 0.2) is 0 Å². The van der Waals surface area contributed by atoms with Crippen molar-refractivity contribution in [3.05, 3.63) is 68.5 Å². The Bertz CT molecular complexity index is 537. The summed E-state index contributed by atoms with van der Waals surface area (Å²) in [6.07, 6.45) is -0.373. The second-order valence-electron chi connectivity index (χ2n) is 4.37. The van der Waals surface area contributed by atoms with Crippen molar-refractivity contribution in [2.45, 2.75) is 19.4 Å². The van der Waals surface area contributed by atoms with E-state index in [1.54, 1.807) is 6.07 Å². The van der Waals surface area contributed by atoms with Crippen molar-refractivity contribution < 1.29 is 9.50 Å². The van der Waals surface area contributed by atoms with Crippen LogP contribution in [0.15, 0.2) is 42.5 Å². The molecule has 0 saturated carbocycles. The summed E-state index contributed by atoms with van der Waals surface area (Å²) in [5, 5.41) is 10.1. The molecule has 0 radical (unpaired) electrons. The summed E-state index contributed by atoms with van der Waals surface area (Å²) < 4.78 is 14.9. The summed E-state index contributed by atoms with van der Waals surface area (Å²) in [5.41, 5.74) is 2.22. The predicted molar refractivity (Wildman–Crippen MR) is 79.0 cm³/mol. The fourth-order valence-corrected chi connectivity index (χ4v) is 2.22. The summed E-state index contributed by atoms with van der Waals surface area (Å²) >= 11 is 2.23. The number of halogens is 2. The van der Waals surface area contributed by atoms with Gasteiger partial charge in [0.25, 0.3) is 0 Å².